The Morgan fingerprint density at radius 3 is 2.00 bits per heavy atom. The summed E-state index contributed by atoms with van der Waals surface area (Å²) in [6, 6.07) is 19.1. The smallest absolute Gasteiger partial charge is 0.407 e. The van der Waals surface area contributed by atoms with Crippen LogP contribution in [0.4, 0.5) is 4.79 Å². The van der Waals surface area contributed by atoms with E-state index < -0.39 is 40.0 Å². The quantitative estimate of drug-likeness (QED) is 0.373. The third kappa shape index (κ3) is 5.55. The Morgan fingerprint density at radius 2 is 1.47 bits per heavy atom. The molecule has 3 aromatic carbocycles. The minimum absolute atomic E-state index is 0.0446. The first-order valence-corrected chi connectivity index (χ1v) is 13.6. The molecule has 2 atom stereocenters. The second kappa shape index (κ2) is 11.1. The lowest BCUT2D eigenvalue weighted by Crippen LogP contribution is -2.51. The van der Waals surface area contributed by atoms with E-state index in [1.54, 1.807) is 6.92 Å². The van der Waals surface area contributed by atoms with Crippen LogP contribution in [0.1, 0.15) is 47.7 Å². The third-order valence-electron chi connectivity index (χ3n) is 6.76. The zero-order chi connectivity index (χ0) is 27.4. The van der Waals surface area contributed by atoms with Crippen molar-refractivity contribution in [3.8, 4) is 11.1 Å². The van der Waals surface area contributed by atoms with Crippen molar-refractivity contribution in [2.75, 3.05) is 6.61 Å². The lowest BCUT2D eigenvalue weighted by Gasteiger charge is -2.23. The normalized spacial score (nSPS) is 14.1. The summed E-state index contributed by atoms with van der Waals surface area (Å²) in [5.74, 6) is -2.70. The van der Waals surface area contributed by atoms with Crippen LogP contribution in [0.15, 0.2) is 77.7 Å². The largest absolute Gasteiger partial charge is 0.478 e. The number of carbonyl (C=O) groups excluding carboxylic acids is 2. The molecule has 9 nitrogen and oxygen atoms in total. The molecule has 0 aromatic heterocycles. The molecule has 2 amide bonds. The van der Waals surface area contributed by atoms with E-state index in [1.807, 2.05) is 60.2 Å². The van der Waals surface area contributed by atoms with Gasteiger partial charge in [0, 0.05) is 5.92 Å². The molecule has 0 radical (unpaired) electrons. The second-order valence-corrected chi connectivity index (χ2v) is 10.8. The number of amides is 2. The number of ether oxygens (including phenoxy) is 1. The first-order valence-electron chi connectivity index (χ1n) is 12.1. The Bertz CT molecular complexity index is 1420. The van der Waals surface area contributed by atoms with Crippen LogP contribution in [0.3, 0.4) is 0 Å². The Labute approximate surface area is 220 Å². The molecule has 1 aliphatic rings. The molecule has 0 fully saturated rings. The number of alkyl carbamates (subject to hydrolysis) is 1. The molecule has 198 valence electrons. The first kappa shape index (κ1) is 26.9. The average Bonchev–Trinajstić information content (AvgIpc) is 3.23. The van der Waals surface area contributed by atoms with Crippen molar-refractivity contribution in [3.63, 3.8) is 0 Å². The summed E-state index contributed by atoms with van der Waals surface area (Å²) in [5.41, 5.74) is 4.14. The second-order valence-electron chi connectivity index (χ2n) is 9.13. The number of nitrogens with one attached hydrogen (secondary N) is 2. The maximum atomic E-state index is 13.0. The summed E-state index contributed by atoms with van der Waals surface area (Å²) < 4.78 is 33.0. The van der Waals surface area contributed by atoms with Crippen molar-refractivity contribution in [3.05, 3.63) is 89.5 Å². The molecule has 0 heterocycles. The fourth-order valence-electron chi connectivity index (χ4n) is 4.50. The summed E-state index contributed by atoms with van der Waals surface area (Å²) in [7, 11) is -4.30. The van der Waals surface area contributed by atoms with Gasteiger partial charge < -0.3 is 15.2 Å². The molecular weight excluding hydrogens is 508 g/mol. The monoisotopic (exact) mass is 536 g/mol. The van der Waals surface area contributed by atoms with Gasteiger partial charge >= 0.3 is 12.1 Å². The van der Waals surface area contributed by atoms with Crippen LogP contribution in [-0.2, 0) is 19.6 Å². The molecule has 0 bridgehead atoms. The standard InChI is InChI=1S/C28H28N2O7S/c1-3-17(2)25(26(31)30-38(35,36)19-14-12-18(13-15-19)27(32)33)29-28(34)37-16-24-22-10-6-4-8-20(22)21-9-5-7-11-23(21)24/h4-15,17,24-25H,3,16H2,1-2H3,(H,29,34)(H,30,31)(H,32,33)/t17-,25-/m0/s1. The summed E-state index contributed by atoms with van der Waals surface area (Å²) in [6.45, 7) is 3.56. The van der Waals surface area contributed by atoms with Crippen LogP contribution < -0.4 is 10.0 Å². The summed E-state index contributed by atoms with van der Waals surface area (Å²) in [4.78, 5) is 36.5. The van der Waals surface area contributed by atoms with Gasteiger partial charge in [-0.1, -0.05) is 68.8 Å². The minimum Gasteiger partial charge on any atom is -0.478 e. The van der Waals surface area contributed by atoms with Gasteiger partial charge in [0.2, 0.25) is 0 Å². The zero-order valence-corrected chi connectivity index (χ0v) is 21.7. The summed E-state index contributed by atoms with van der Waals surface area (Å²) in [5, 5.41) is 11.5. The van der Waals surface area contributed by atoms with Gasteiger partial charge in [-0.05, 0) is 52.4 Å². The molecule has 3 N–H and O–H groups in total. The number of fused-ring (bicyclic) bond motifs is 3. The van der Waals surface area contributed by atoms with Gasteiger partial charge in [0.15, 0.2) is 0 Å². The highest BCUT2D eigenvalue weighted by atomic mass is 32.2. The number of rotatable bonds is 9. The van der Waals surface area contributed by atoms with Crippen molar-refractivity contribution >= 4 is 28.0 Å². The molecular formula is C28H28N2O7S. The van der Waals surface area contributed by atoms with E-state index in [2.05, 4.69) is 5.32 Å². The van der Waals surface area contributed by atoms with Crippen LogP contribution in [0, 0.1) is 5.92 Å². The number of hydrogen-bond acceptors (Lipinski definition) is 6. The van der Waals surface area contributed by atoms with Crippen molar-refractivity contribution in [1.82, 2.24) is 10.0 Å². The van der Waals surface area contributed by atoms with Gasteiger partial charge in [0.1, 0.15) is 12.6 Å². The first-order chi connectivity index (χ1) is 18.1. The summed E-state index contributed by atoms with van der Waals surface area (Å²) >= 11 is 0. The molecule has 0 saturated heterocycles. The van der Waals surface area contributed by atoms with E-state index in [1.165, 1.54) is 0 Å². The van der Waals surface area contributed by atoms with E-state index in [-0.39, 0.29) is 23.0 Å². The maximum absolute atomic E-state index is 13.0. The molecule has 10 heteroatoms. The van der Waals surface area contributed by atoms with Crippen molar-refractivity contribution in [2.24, 2.45) is 5.92 Å². The van der Waals surface area contributed by atoms with E-state index in [4.69, 9.17) is 9.84 Å². The van der Waals surface area contributed by atoms with Crippen LogP contribution in [0.25, 0.3) is 11.1 Å². The molecule has 4 rings (SSSR count). The van der Waals surface area contributed by atoms with Crippen molar-refractivity contribution < 1.29 is 32.6 Å². The Balaban J connectivity index is 1.44. The van der Waals surface area contributed by atoms with E-state index in [9.17, 15) is 22.8 Å². The molecule has 3 aromatic rings. The number of sulfonamides is 1. The minimum atomic E-state index is -4.30. The number of hydrogen-bond donors (Lipinski definition) is 3. The van der Waals surface area contributed by atoms with Crippen molar-refractivity contribution in [2.45, 2.75) is 37.1 Å². The highest BCUT2D eigenvalue weighted by Crippen LogP contribution is 2.44. The van der Waals surface area contributed by atoms with Gasteiger partial charge in [-0.25, -0.2) is 22.7 Å². The number of benzene rings is 3. The van der Waals surface area contributed by atoms with Crippen LogP contribution in [0.5, 0.6) is 0 Å². The SMILES string of the molecule is CC[C@H](C)[C@H](NC(=O)OCC1c2ccccc2-c2ccccc21)C(=O)NS(=O)(=O)c1ccc(C(=O)O)cc1. The van der Waals surface area contributed by atoms with E-state index in [0.29, 0.717) is 6.42 Å². The Hall–Kier alpha value is -4.18. The van der Waals surface area contributed by atoms with Crippen molar-refractivity contribution in [1.29, 1.82) is 0 Å². The summed E-state index contributed by atoms with van der Waals surface area (Å²) in [6.07, 6.45) is -0.356. The lowest BCUT2D eigenvalue weighted by molar-refractivity contribution is -0.122. The highest BCUT2D eigenvalue weighted by Gasteiger charge is 2.32. The predicted octanol–water partition coefficient (Wildman–Crippen LogP) is 4.14. The topological polar surface area (TPSA) is 139 Å². The lowest BCUT2D eigenvalue weighted by atomic mass is 9.98. The average molecular weight is 537 g/mol. The van der Waals surface area contributed by atoms with Gasteiger partial charge in [0.05, 0.1) is 10.5 Å². The van der Waals surface area contributed by atoms with Crippen LogP contribution >= 0.6 is 0 Å². The van der Waals surface area contributed by atoms with Crippen LogP contribution in [-0.4, -0.2) is 44.1 Å². The number of carbonyl (C=O) groups is 3. The highest BCUT2D eigenvalue weighted by molar-refractivity contribution is 7.90. The molecule has 1 aliphatic carbocycles. The van der Waals surface area contributed by atoms with Gasteiger partial charge in [-0.15, -0.1) is 0 Å². The Kier molecular flexibility index (Phi) is 7.82. The fraction of sp³-hybridized carbons (Fsp3) is 0.250. The molecule has 0 saturated carbocycles. The zero-order valence-electron chi connectivity index (χ0n) is 20.9. The van der Waals surface area contributed by atoms with E-state index in [0.717, 1.165) is 46.5 Å². The van der Waals surface area contributed by atoms with Gasteiger partial charge in [-0.3, -0.25) is 4.79 Å². The Morgan fingerprint density at radius 1 is 0.921 bits per heavy atom. The molecule has 0 aliphatic heterocycles. The molecule has 38 heavy (non-hydrogen) atoms. The predicted molar refractivity (Wildman–Crippen MR) is 140 cm³/mol. The molecule has 0 unspecified atom stereocenters. The maximum Gasteiger partial charge on any atom is 0.407 e. The number of aromatic carboxylic acids is 1. The third-order valence-corrected chi connectivity index (χ3v) is 8.12. The number of carboxylic acids is 1. The van der Waals surface area contributed by atoms with Gasteiger partial charge in [0.25, 0.3) is 15.9 Å². The van der Waals surface area contributed by atoms with E-state index >= 15 is 0 Å². The fourth-order valence-corrected chi connectivity index (χ4v) is 5.50. The molecule has 0 spiro atoms. The van der Waals surface area contributed by atoms with Gasteiger partial charge in [-0.2, -0.15) is 0 Å². The van der Waals surface area contributed by atoms with Crippen LogP contribution in [0.2, 0.25) is 0 Å². The number of carboxylic acid groups (broad SMARTS) is 1.